The quantitative estimate of drug-likeness (QED) is 0.724. The third-order valence-corrected chi connectivity index (χ3v) is 4.25. The molecule has 106 valence electrons. The van der Waals surface area contributed by atoms with Crippen molar-refractivity contribution in [3.05, 3.63) is 0 Å². The van der Waals surface area contributed by atoms with Crippen molar-refractivity contribution in [1.29, 1.82) is 0 Å². The molecule has 0 aromatic heterocycles. The zero-order valence-corrected chi connectivity index (χ0v) is 12.2. The Morgan fingerprint density at radius 1 is 1.39 bits per heavy atom. The van der Waals surface area contributed by atoms with E-state index in [1.807, 2.05) is 0 Å². The minimum absolute atomic E-state index is 0.365. The fourth-order valence-electron chi connectivity index (χ4n) is 2.98. The van der Waals surface area contributed by atoms with Crippen molar-refractivity contribution in [1.82, 2.24) is 4.90 Å². The van der Waals surface area contributed by atoms with Crippen LogP contribution in [0.2, 0.25) is 0 Å². The predicted octanol–water partition coefficient (Wildman–Crippen LogP) is 2.79. The van der Waals surface area contributed by atoms with Crippen LogP contribution in [0.25, 0.3) is 0 Å². The Kier molecular flexibility index (Phi) is 7.33. The van der Waals surface area contributed by atoms with Crippen LogP contribution in [0.1, 0.15) is 58.8 Å². The highest BCUT2D eigenvalue weighted by molar-refractivity contribution is 5.76. The molecule has 1 rings (SSSR count). The number of rotatable bonds is 8. The highest BCUT2D eigenvalue weighted by Crippen LogP contribution is 2.23. The molecule has 0 spiro atoms. The summed E-state index contributed by atoms with van der Waals surface area (Å²) in [5, 5.41) is 0. The maximum absolute atomic E-state index is 12.1. The van der Waals surface area contributed by atoms with E-state index in [9.17, 15) is 4.79 Å². The molecule has 1 aliphatic rings. The molecule has 0 aliphatic carbocycles. The molecule has 1 aliphatic heterocycles. The van der Waals surface area contributed by atoms with E-state index >= 15 is 0 Å². The zero-order chi connectivity index (χ0) is 13.4. The van der Waals surface area contributed by atoms with Gasteiger partial charge in [-0.05, 0) is 44.1 Å². The van der Waals surface area contributed by atoms with Crippen LogP contribution in [0.15, 0.2) is 0 Å². The van der Waals surface area contributed by atoms with Crippen molar-refractivity contribution in [3.63, 3.8) is 0 Å². The van der Waals surface area contributed by atoms with Gasteiger partial charge >= 0.3 is 0 Å². The second-order valence-corrected chi connectivity index (χ2v) is 5.67. The minimum atomic E-state index is 0.365. The van der Waals surface area contributed by atoms with Gasteiger partial charge in [0.1, 0.15) is 0 Å². The second kappa shape index (κ2) is 8.52. The molecule has 2 unspecified atom stereocenters. The number of carbonyl (C=O) groups is 1. The summed E-state index contributed by atoms with van der Waals surface area (Å²) in [6, 6.07) is 0. The van der Waals surface area contributed by atoms with Gasteiger partial charge in [0.25, 0.3) is 0 Å². The van der Waals surface area contributed by atoms with Crippen molar-refractivity contribution >= 4 is 5.91 Å². The first-order valence-electron chi connectivity index (χ1n) is 7.69. The van der Waals surface area contributed by atoms with E-state index < -0.39 is 0 Å². The molecule has 3 nitrogen and oxygen atoms in total. The number of hydrogen-bond acceptors (Lipinski definition) is 2. The monoisotopic (exact) mass is 254 g/mol. The van der Waals surface area contributed by atoms with E-state index in [1.54, 1.807) is 0 Å². The van der Waals surface area contributed by atoms with E-state index in [0.717, 1.165) is 51.2 Å². The van der Waals surface area contributed by atoms with E-state index in [-0.39, 0.29) is 0 Å². The Morgan fingerprint density at radius 3 is 2.78 bits per heavy atom. The van der Waals surface area contributed by atoms with Crippen molar-refractivity contribution in [2.45, 2.75) is 58.8 Å². The summed E-state index contributed by atoms with van der Waals surface area (Å²) in [7, 11) is 0. The first kappa shape index (κ1) is 15.5. The second-order valence-electron chi connectivity index (χ2n) is 5.67. The molecule has 1 fully saturated rings. The fraction of sp³-hybridized carbons (Fsp3) is 0.933. The molecule has 2 atom stereocenters. The Morgan fingerprint density at radius 2 is 2.17 bits per heavy atom. The Balaban J connectivity index is 2.24. The van der Waals surface area contributed by atoms with Gasteiger partial charge in [-0.1, -0.05) is 26.7 Å². The first-order valence-corrected chi connectivity index (χ1v) is 7.69. The maximum Gasteiger partial charge on any atom is 0.222 e. The van der Waals surface area contributed by atoms with Crippen molar-refractivity contribution in [2.24, 2.45) is 17.6 Å². The number of amides is 1. The van der Waals surface area contributed by atoms with Gasteiger partial charge in [-0.3, -0.25) is 4.79 Å². The molecule has 0 radical (unpaired) electrons. The van der Waals surface area contributed by atoms with Crippen LogP contribution >= 0.6 is 0 Å². The summed E-state index contributed by atoms with van der Waals surface area (Å²) in [5.41, 5.74) is 5.59. The van der Waals surface area contributed by atoms with Crippen molar-refractivity contribution in [3.8, 4) is 0 Å². The topological polar surface area (TPSA) is 46.3 Å². The van der Waals surface area contributed by atoms with E-state index in [4.69, 9.17) is 5.73 Å². The Labute approximate surface area is 112 Å². The Hall–Kier alpha value is -0.570. The molecule has 18 heavy (non-hydrogen) atoms. The lowest BCUT2D eigenvalue weighted by molar-refractivity contribution is -0.130. The molecule has 1 heterocycles. The number of hydrogen-bond donors (Lipinski definition) is 1. The zero-order valence-electron chi connectivity index (χ0n) is 12.2. The first-order chi connectivity index (χ1) is 8.71. The molecule has 0 aromatic carbocycles. The van der Waals surface area contributed by atoms with E-state index in [1.165, 1.54) is 19.3 Å². The van der Waals surface area contributed by atoms with Gasteiger partial charge in [0.05, 0.1) is 0 Å². The van der Waals surface area contributed by atoms with Crippen molar-refractivity contribution < 1.29 is 4.79 Å². The van der Waals surface area contributed by atoms with Gasteiger partial charge in [0, 0.05) is 19.5 Å². The smallest absolute Gasteiger partial charge is 0.222 e. The molecular formula is C15H30N2O. The van der Waals surface area contributed by atoms with Gasteiger partial charge in [0.15, 0.2) is 0 Å². The molecule has 0 aromatic rings. The summed E-state index contributed by atoms with van der Waals surface area (Å²) in [5.74, 6) is 1.75. The average molecular weight is 254 g/mol. The lowest BCUT2D eigenvalue weighted by Gasteiger charge is -2.19. The van der Waals surface area contributed by atoms with Gasteiger partial charge in [0.2, 0.25) is 5.91 Å². The average Bonchev–Trinajstić information content (AvgIpc) is 2.83. The standard InChI is InChI=1S/C15H30N2O/c1-3-5-14-9-11-17(12-14)15(18)7-6-13(4-2)8-10-16/h13-14H,3-12,16H2,1-2H3. The lowest BCUT2D eigenvalue weighted by Crippen LogP contribution is -2.29. The highest BCUT2D eigenvalue weighted by Gasteiger charge is 2.25. The predicted molar refractivity (Wildman–Crippen MR) is 76.3 cm³/mol. The van der Waals surface area contributed by atoms with Crippen LogP contribution in [-0.4, -0.2) is 30.4 Å². The number of nitrogens with zero attached hydrogens (tertiary/aromatic N) is 1. The van der Waals surface area contributed by atoms with Gasteiger partial charge in [-0.15, -0.1) is 0 Å². The third-order valence-electron chi connectivity index (χ3n) is 4.25. The molecule has 3 heteroatoms. The van der Waals surface area contributed by atoms with Crippen LogP contribution in [0.3, 0.4) is 0 Å². The van der Waals surface area contributed by atoms with E-state index in [0.29, 0.717) is 11.8 Å². The normalized spacial score (nSPS) is 21.3. The SMILES string of the molecule is CCCC1CCN(C(=O)CCC(CC)CCN)C1. The maximum atomic E-state index is 12.1. The van der Waals surface area contributed by atoms with Crippen LogP contribution in [0, 0.1) is 11.8 Å². The third kappa shape index (κ3) is 4.97. The van der Waals surface area contributed by atoms with Gasteiger partial charge < -0.3 is 10.6 Å². The molecule has 2 N–H and O–H groups in total. The van der Waals surface area contributed by atoms with Crippen LogP contribution in [0.4, 0.5) is 0 Å². The van der Waals surface area contributed by atoms with Crippen LogP contribution in [0.5, 0.6) is 0 Å². The highest BCUT2D eigenvalue weighted by atomic mass is 16.2. The number of likely N-dealkylation sites (tertiary alicyclic amines) is 1. The lowest BCUT2D eigenvalue weighted by atomic mass is 9.96. The van der Waals surface area contributed by atoms with Crippen molar-refractivity contribution in [2.75, 3.05) is 19.6 Å². The van der Waals surface area contributed by atoms with Crippen LogP contribution in [-0.2, 0) is 4.79 Å². The summed E-state index contributed by atoms with van der Waals surface area (Å²) in [6.07, 6.45) is 7.65. The molecule has 0 saturated carbocycles. The largest absolute Gasteiger partial charge is 0.342 e. The number of nitrogens with two attached hydrogens (primary N) is 1. The molecule has 1 amide bonds. The summed E-state index contributed by atoms with van der Waals surface area (Å²) < 4.78 is 0. The fourth-order valence-corrected chi connectivity index (χ4v) is 2.98. The van der Waals surface area contributed by atoms with Gasteiger partial charge in [-0.25, -0.2) is 0 Å². The summed E-state index contributed by atoms with van der Waals surface area (Å²) in [6.45, 7) is 7.15. The summed E-state index contributed by atoms with van der Waals surface area (Å²) >= 11 is 0. The molecular weight excluding hydrogens is 224 g/mol. The number of carbonyl (C=O) groups excluding carboxylic acids is 1. The molecule has 0 bridgehead atoms. The Bertz CT molecular complexity index is 243. The van der Waals surface area contributed by atoms with Gasteiger partial charge in [-0.2, -0.15) is 0 Å². The molecule has 1 saturated heterocycles. The van der Waals surface area contributed by atoms with Crippen LogP contribution < -0.4 is 5.73 Å². The minimum Gasteiger partial charge on any atom is -0.342 e. The van der Waals surface area contributed by atoms with E-state index in [2.05, 4.69) is 18.7 Å². The summed E-state index contributed by atoms with van der Waals surface area (Å²) in [4.78, 5) is 14.2.